The normalized spacial score (nSPS) is 19.3. The molecule has 3 rings (SSSR count). The molecule has 5 nitrogen and oxygen atoms in total. The van der Waals surface area contributed by atoms with E-state index in [-0.39, 0.29) is 11.3 Å². The predicted octanol–water partition coefficient (Wildman–Crippen LogP) is 2.31. The third-order valence-electron chi connectivity index (χ3n) is 4.41. The fraction of sp³-hybridized carbons (Fsp3) is 0.562. The molecule has 0 saturated heterocycles. The first kappa shape index (κ1) is 14.2. The van der Waals surface area contributed by atoms with E-state index < -0.39 is 0 Å². The lowest BCUT2D eigenvalue weighted by Crippen LogP contribution is -2.40. The molecular formula is C16H22N2O3. The summed E-state index contributed by atoms with van der Waals surface area (Å²) >= 11 is 0. The van der Waals surface area contributed by atoms with Crippen LogP contribution in [0.4, 0.5) is 5.69 Å². The van der Waals surface area contributed by atoms with E-state index in [9.17, 15) is 4.79 Å². The van der Waals surface area contributed by atoms with E-state index in [1.54, 1.807) is 0 Å². The molecule has 0 atom stereocenters. The van der Waals surface area contributed by atoms with Gasteiger partial charge in [-0.1, -0.05) is 6.42 Å². The third kappa shape index (κ3) is 3.13. The third-order valence-corrected chi connectivity index (χ3v) is 4.41. The maximum atomic E-state index is 12.2. The number of carbonyl (C=O) groups is 1. The first-order valence-electron chi connectivity index (χ1n) is 7.60. The van der Waals surface area contributed by atoms with Crippen molar-refractivity contribution in [1.29, 1.82) is 0 Å². The van der Waals surface area contributed by atoms with Gasteiger partial charge in [0.05, 0.1) is 13.2 Å². The van der Waals surface area contributed by atoms with Crippen molar-refractivity contribution in [1.82, 2.24) is 0 Å². The van der Waals surface area contributed by atoms with Crippen molar-refractivity contribution in [2.45, 2.75) is 32.1 Å². The van der Waals surface area contributed by atoms with E-state index >= 15 is 0 Å². The highest BCUT2D eigenvalue weighted by Crippen LogP contribution is 2.43. The zero-order valence-corrected chi connectivity index (χ0v) is 12.2. The molecule has 3 N–H and O–H groups in total. The summed E-state index contributed by atoms with van der Waals surface area (Å²) in [6.07, 6.45) is 4.65. The summed E-state index contributed by atoms with van der Waals surface area (Å²) in [6.45, 7) is 1.89. The standard InChI is InChI=1S/C16H22N2O3/c17-11-16(5-1-6-16)10-15(19)18-12-3-4-13-14(9-12)21-8-2-7-20-13/h3-4,9H,1-2,5-8,10-11,17H2,(H,18,19). The summed E-state index contributed by atoms with van der Waals surface area (Å²) in [4.78, 5) is 12.2. The van der Waals surface area contributed by atoms with E-state index in [0.29, 0.717) is 31.9 Å². The molecule has 1 saturated carbocycles. The number of anilines is 1. The molecule has 0 radical (unpaired) electrons. The number of ether oxygens (including phenoxy) is 2. The van der Waals surface area contributed by atoms with Gasteiger partial charge in [-0.15, -0.1) is 0 Å². The summed E-state index contributed by atoms with van der Waals surface area (Å²) in [5.74, 6) is 1.46. The van der Waals surface area contributed by atoms with Gasteiger partial charge in [0.25, 0.3) is 0 Å². The Bertz CT molecular complexity index is 521. The molecular weight excluding hydrogens is 268 g/mol. The number of carbonyl (C=O) groups excluding carboxylic acids is 1. The van der Waals surface area contributed by atoms with Gasteiger partial charge in [-0.3, -0.25) is 4.79 Å². The quantitative estimate of drug-likeness (QED) is 0.892. The number of hydrogen-bond acceptors (Lipinski definition) is 4. The highest BCUT2D eigenvalue weighted by atomic mass is 16.5. The van der Waals surface area contributed by atoms with Crippen LogP contribution in [-0.2, 0) is 4.79 Å². The zero-order chi connectivity index (χ0) is 14.7. The lowest BCUT2D eigenvalue weighted by molar-refractivity contribution is -0.119. The van der Waals surface area contributed by atoms with E-state index in [1.807, 2.05) is 18.2 Å². The second-order valence-electron chi connectivity index (χ2n) is 5.99. The predicted molar refractivity (Wildman–Crippen MR) is 80.6 cm³/mol. The van der Waals surface area contributed by atoms with Gasteiger partial charge in [-0.05, 0) is 36.9 Å². The Hall–Kier alpha value is -1.75. The van der Waals surface area contributed by atoms with Crippen LogP contribution in [0.5, 0.6) is 11.5 Å². The van der Waals surface area contributed by atoms with Crippen LogP contribution in [0.15, 0.2) is 18.2 Å². The zero-order valence-electron chi connectivity index (χ0n) is 12.2. The second-order valence-corrected chi connectivity index (χ2v) is 5.99. The van der Waals surface area contributed by atoms with Gasteiger partial charge < -0.3 is 20.5 Å². The maximum absolute atomic E-state index is 12.2. The molecule has 0 unspecified atom stereocenters. The molecule has 114 valence electrons. The summed E-state index contributed by atoms with van der Waals surface area (Å²) in [5, 5.41) is 2.94. The molecule has 5 heteroatoms. The number of benzene rings is 1. The maximum Gasteiger partial charge on any atom is 0.224 e. The van der Waals surface area contributed by atoms with E-state index in [0.717, 1.165) is 30.7 Å². The minimum atomic E-state index is 0.0228. The highest BCUT2D eigenvalue weighted by Gasteiger charge is 2.37. The van der Waals surface area contributed by atoms with Crippen molar-refractivity contribution in [3.8, 4) is 11.5 Å². The summed E-state index contributed by atoms with van der Waals surface area (Å²) < 4.78 is 11.2. The lowest BCUT2D eigenvalue weighted by Gasteiger charge is -2.40. The number of hydrogen-bond donors (Lipinski definition) is 2. The van der Waals surface area contributed by atoms with Gasteiger partial charge in [0, 0.05) is 24.6 Å². The van der Waals surface area contributed by atoms with Gasteiger partial charge in [0.1, 0.15) is 0 Å². The van der Waals surface area contributed by atoms with E-state index in [2.05, 4.69) is 5.32 Å². The molecule has 1 aliphatic carbocycles. The van der Waals surface area contributed by atoms with Crippen LogP contribution in [0.3, 0.4) is 0 Å². The van der Waals surface area contributed by atoms with Crippen LogP contribution in [0, 0.1) is 5.41 Å². The molecule has 1 heterocycles. The summed E-state index contributed by atoms with van der Waals surface area (Å²) in [6, 6.07) is 5.52. The van der Waals surface area contributed by atoms with Gasteiger partial charge in [0.15, 0.2) is 11.5 Å². The van der Waals surface area contributed by atoms with Crippen molar-refractivity contribution in [3.63, 3.8) is 0 Å². The number of fused-ring (bicyclic) bond motifs is 1. The Balaban J connectivity index is 1.64. The molecule has 2 aliphatic rings. The van der Waals surface area contributed by atoms with Crippen molar-refractivity contribution >= 4 is 11.6 Å². The minimum absolute atomic E-state index is 0.0228. The largest absolute Gasteiger partial charge is 0.490 e. The fourth-order valence-electron chi connectivity index (χ4n) is 2.92. The fourth-order valence-corrected chi connectivity index (χ4v) is 2.92. The first-order valence-corrected chi connectivity index (χ1v) is 7.60. The van der Waals surface area contributed by atoms with Crippen LogP contribution in [0.1, 0.15) is 32.1 Å². The number of nitrogens with one attached hydrogen (secondary N) is 1. The number of nitrogens with two attached hydrogens (primary N) is 1. The Morgan fingerprint density at radius 2 is 1.95 bits per heavy atom. The molecule has 0 spiro atoms. The number of amides is 1. The topological polar surface area (TPSA) is 73.6 Å². The van der Waals surface area contributed by atoms with Crippen LogP contribution >= 0.6 is 0 Å². The van der Waals surface area contributed by atoms with Crippen molar-refractivity contribution in [3.05, 3.63) is 18.2 Å². The lowest BCUT2D eigenvalue weighted by atomic mass is 9.66. The molecule has 1 aromatic carbocycles. The first-order chi connectivity index (χ1) is 10.2. The van der Waals surface area contributed by atoms with Crippen molar-refractivity contribution < 1.29 is 14.3 Å². The molecule has 1 amide bonds. The van der Waals surface area contributed by atoms with E-state index in [1.165, 1.54) is 6.42 Å². The Morgan fingerprint density at radius 3 is 2.62 bits per heavy atom. The van der Waals surface area contributed by atoms with Gasteiger partial charge in [-0.25, -0.2) is 0 Å². The van der Waals surface area contributed by atoms with E-state index in [4.69, 9.17) is 15.2 Å². The minimum Gasteiger partial charge on any atom is -0.490 e. The SMILES string of the molecule is NCC1(CC(=O)Nc2ccc3c(c2)OCCCO3)CCC1. The molecule has 0 aromatic heterocycles. The smallest absolute Gasteiger partial charge is 0.224 e. The van der Waals surface area contributed by atoms with Gasteiger partial charge in [0.2, 0.25) is 5.91 Å². The van der Waals surface area contributed by atoms with Gasteiger partial charge in [-0.2, -0.15) is 0 Å². The van der Waals surface area contributed by atoms with Crippen molar-refractivity contribution in [2.24, 2.45) is 11.1 Å². The van der Waals surface area contributed by atoms with Crippen molar-refractivity contribution in [2.75, 3.05) is 25.1 Å². The highest BCUT2D eigenvalue weighted by molar-refractivity contribution is 5.91. The number of rotatable bonds is 4. The summed E-state index contributed by atoms with van der Waals surface area (Å²) in [5.41, 5.74) is 6.57. The molecule has 1 aliphatic heterocycles. The molecule has 0 bridgehead atoms. The Kier molecular flexibility index (Phi) is 4.01. The van der Waals surface area contributed by atoms with Crippen LogP contribution in [-0.4, -0.2) is 25.7 Å². The molecule has 1 fully saturated rings. The van der Waals surface area contributed by atoms with Crippen LogP contribution in [0.25, 0.3) is 0 Å². The Morgan fingerprint density at radius 1 is 1.19 bits per heavy atom. The van der Waals surface area contributed by atoms with Gasteiger partial charge >= 0.3 is 0 Å². The Labute approximate surface area is 124 Å². The molecule has 21 heavy (non-hydrogen) atoms. The molecule has 1 aromatic rings. The average molecular weight is 290 g/mol. The summed E-state index contributed by atoms with van der Waals surface area (Å²) in [7, 11) is 0. The van der Waals surface area contributed by atoms with Crippen LogP contribution in [0.2, 0.25) is 0 Å². The second kappa shape index (κ2) is 5.93. The van der Waals surface area contributed by atoms with Crippen LogP contribution < -0.4 is 20.5 Å². The average Bonchev–Trinajstić information content (AvgIpc) is 2.67. The monoisotopic (exact) mass is 290 g/mol.